The second-order valence-electron chi connectivity index (χ2n) is 4.76. The molecule has 0 radical (unpaired) electrons. The molecule has 0 atom stereocenters. The molecule has 5 nitrogen and oxygen atoms in total. The standard InChI is InChI=1S/C16H19N3O2/c1-11-4-9-15(18-17)14(10-11)16(20)19(2)12-5-7-13(21-3)8-6-12/h4-10,18H,17H2,1-3H3. The van der Waals surface area contributed by atoms with Crippen LogP contribution in [0.4, 0.5) is 11.4 Å². The van der Waals surface area contributed by atoms with Crippen LogP contribution >= 0.6 is 0 Å². The first kappa shape index (κ1) is 14.9. The number of nitrogens with zero attached hydrogens (tertiary/aromatic N) is 1. The van der Waals surface area contributed by atoms with Crippen molar-refractivity contribution in [3.63, 3.8) is 0 Å². The molecule has 1 amide bonds. The molecule has 0 saturated carbocycles. The molecule has 2 aromatic carbocycles. The van der Waals surface area contributed by atoms with Crippen molar-refractivity contribution in [2.24, 2.45) is 5.84 Å². The molecular formula is C16H19N3O2. The summed E-state index contributed by atoms with van der Waals surface area (Å²) < 4.78 is 5.12. The van der Waals surface area contributed by atoms with Gasteiger partial charge >= 0.3 is 0 Å². The van der Waals surface area contributed by atoms with Gasteiger partial charge in [0.25, 0.3) is 5.91 Å². The zero-order chi connectivity index (χ0) is 15.4. The number of nitrogen functional groups attached to an aromatic ring is 1. The second kappa shape index (κ2) is 6.28. The van der Waals surface area contributed by atoms with E-state index in [1.807, 2.05) is 43.3 Å². The van der Waals surface area contributed by atoms with Gasteiger partial charge < -0.3 is 15.1 Å². The summed E-state index contributed by atoms with van der Waals surface area (Å²) in [7, 11) is 3.34. The van der Waals surface area contributed by atoms with Gasteiger partial charge in [-0.2, -0.15) is 0 Å². The lowest BCUT2D eigenvalue weighted by atomic mass is 10.1. The lowest BCUT2D eigenvalue weighted by molar-refractivity contribution is 0.0993. The number of benzene rings is 2. The molecule has 3 N–H and O–H groups in total. The van der Waals surface area contributed by atoms with Crippen molar-refractivity contribution in [1.29, 1.82) is 0 Å². The highest BCUT2D eigenvalue weighted by Gasteiger charge is 2.17. The van der Waals surface area contributed by atoms with Crippen molar-refractivity contribution in [1.82, 2.24) is 0 Å². The van der Waals surface area contributed by atoms with E-state index in [0.717, 1.165) is 17.0 Å². The first-order valence-corrected chi connectivity index (χ1v) is 6.56. The van der Waals surface area contributed by atoms with Gasteiger partial charge in [-0.15, -0.1) is 0 Å². The Labute approximate surface area is 124 Å². The second-order valence-corrected chi connectivity index (χ2v) is 4.76. The number of anilines is 2. The fourth-order valence-electron chi connectivity index (χ4n) is 2.06. The first-order valence-electron chi connectivity index (χ1n) is 6.56. The van der Waals surface area contributed by atoms with Crippen LogP contribution in [0.1, 0.15) is 15.9 Å². The van der Waals surface area contributed by atoms with E-state index in [0.29, 0.717) is 11.3 Å². The van der Waals surface area contributed by atoms with Crippen LogP contribution in [0, 0.1) is 6.92 Å². The van der Waals surface area contributed by atoms with Crippen LogP contribution in [0.5, 0.6) is 5.75 Å². The number of hydrazine groups is 1. The lowest BCUT2D eigenvalue weighted by Gasteiger charge is -2.19. The van der Waals surface area contributed by atoms with Crippen LogP contribution in [-0.4, -0.2) is 20.1 Å². The molecule has 0 bridgehead atoms. The van der Waals surface area contributed by atoms with Crippen LogP contribution in [0.2, 0.25) is 0 Å². The van der Waals surface area contributed by atoms with Crippen LogP contribution in [0.25, 0.3) is 0 Å². The predicted molar refractivity (Wildman–Crippen MR) is 84.7 cm³/mol. The number of hydrogen-bond acceptors (Lipinski definition) is 4. The number of carbonyl (C=O) groups is 1. The zero-order valence-electron chi connectivity index (χ0n) is 12.4. The van der Waals surface area contributed by atoms with Gasteiger partial charge in [0.05, 0.1) is 18.4 Å². The van der Waals surface area contributed by atoms with Crippen molar-refractivity contribution < 1.29 is 9.53 Å². The smallest absolute Gasteiger partial charge is 0.260 e. The highest BCUT2D eigenvalue weighted by atomic mass is 16.5. The van der Waals surface area contributed by atoms with Crippen molar-refractivity contribution >= 4 is 17.3 Å². The van der Waals surface area contributed by atoms with Gasteiger partial charge in [-0.1, -0.05) is 11.6 Å². The van der Waals surface area contributed by atoms with Gasteiger partial charge in [0.1, 0.15) is 5.75 Å². The molecule has 0 fully saturated rings. The average molecular weight is 285 g/mol. The monoisotopic (exact) mass is 285 g/mol. The van der Waals surface area contributed by atoms with E-state index in [1.165, 1.54) is 0 Å². The minimum Gasteiger partial charge on any atom is -0.497 e. The molecular weight excluding hydrogens is 266 g/mol. The Hall–Kier alpha value is -2.53. The van der Waals surface area contributed by atoms with E-state index < -0.39 is 0 Å². The van der Waals surface area contributed by atoms with Gasteiger partial charge in [-0.25, -0.2) is 0 Å². The third kappa shape index (κ3) is 3.14. The molecule has 0 aliphatic heterocycles. The first-order chi connectivity index (χ1) is 10.1. The molecule has 0 heterocycles. The maximum Gasteiger partial charge on any atom is 0.260 e. The average Bonchev–Trinajstić information content (AvgIpc) is 2.53. The molecule has 0 saturated heterocycles. The molecule has 5 heteroatoms. The summed E-state index contributed by atoms with van der Waals surface area (Å²) in [5.74, 6) is 6.10. The maximum atomic E-state index is 12.6. The van der Waals surface area contributed by atoms with Gasteiger partial charge in [-0.05, 0) is 43.3 Å². The number of hydrogen-bond donors (Lipinski definition) is 2. The van der Waals surface area contributed by atoms with Gasteiger partial charge in [0, 0.05) is 12.7 Å². The molecule has 0 aromatic heterocycles. The van der Waals surface area contributed by atoms with E-state index >= 15 is 0 Å². The summed E-state index contributed by atoms with van der Waals surface area (Å²) in [6, 6.07) is 12.8. The third-order valence-electron chi connectivity index (χ3n) is 3.33. The van der Waals surface area contributed by atoms with E-state index in [1.54, 1.807) is 25.1 Å². The van der Waals surface area contributed by atoms with E-state index in [2.05, 4.69) is 5.43 Å². The fraction of sp³-hybridized carbons (Fsp3) is 0.188. The number of methoxy groups -OCH3 is 1. The van der Waals surface area contributed by atoms with Crippen molar-refractivity contribution in [3.8, 4) is 5.75 Å². The Morgan fingerprint density at radius 3 is 2.43 bits per heavy atom. The van der Waals surface area contributed by atoms with Crippen molar-refractivity contribution in [2.45, 2.75) is 6.92 Å². The van der Waals surface area contributed by atoms with E-state index in [4.69, 9.17) is 10.6 Å². The largest absolute Gasteiger partial charge is 0.497 e. The fourth-order valence-corrected chi connectivity index (χ4v) is 2.06. The number of nitrogens with two attached hydrogens (primary N) is 1. The topological polar surface area (TPSA) is 67.6 Å². The van der Waals surface area contributed by atoms with Crippen LogP contribution in [0.3, 0.4) is 0 Å². The Balaban J connectivity index is 2.32. The summed E-state index contributed by atoms with van der Waals surface area (Å²) in [6.07, 6.45) is 0. The lowest BCUT2D eigenvalue weighted by Crippen LogP contribution is -2.27. The summed E-state index contributed by atoms with van der Waals surface area (Å²) in [5, 5.41) is 0. The SMILES string of the molecule is COc1ccc(N(C)C(=O)c2cc(C)ccc2NN)cc1. The minimum atomic E-state index is -0.128. The third-order valence-corrected chi connectivity index (χ3v) is 3.33. The van der Waals surface area contributed by atoms with E-state index in [9.17, 15) is 4.79 Å². The van der Waals surface area contributed by atoms with Crippen LogP contribution in [0.15, 0.2) is 42.5 Å². The summed E-state index contributed by atoms with van der Waals surface area (Å²) in [4.78, 5) is 14.2. The highest BCUT2D eigenvalue weighted by Crippen LogP contribution is 2.23. The Morgan fingerprint density at radius 2 is 1.86 bits per heavy atom. The summed E-state index contributed by atoms with van der Waals surface area (Å²) >= 11 is 0. The number of carbonyl (C=O) groups excluding carboxylic acids is 1. The van der Waals surface area contributed by atoms with E-state index in [-0.39, 0.29) is 5.91 Å². The summed E-state index contributed by atoms with van der Waals surface area (Å²) in [5.41, 5.74) is 5.48. The molecule has 0 unspecified atom stereocenters. The number of amides is 1. The molecule has 0 aliphatic carbocycles. The molecule has 0 spiro atoms. The molecule has 21 heavy (non-hydrogen) atoms. The normalized spacial score (nSPS) is 10.1. The number of aryl methyl sites for hydroxylation is 1. The molecule has 110 valence electrons. The molecule has 2 rings (SSSR count). The quantitative estimate of drug-likeness (QED) is 0.669. The number of rotatable bonds is 4. The molecule has 0 aliphatic rings. The summed E-state index contributed by atoms with van der Waals surface area (Å²) in [6.45, 7) is 1.93. The molecule has 2 aromatic rings. The van der Waals surface area contributed by atoms with Crippen LogP contribution < -0.4 is 20.9 Å². The van der Waals surface area contributed by atoms with Crippen LogP contribution in [-0.2, 0) is 0 Å². The Kier molecular flexibility index (Phi) is 4.45. The maximum absolute atomic E-state index is 12.6. The van der Waals surface area contributed by atoms with Gasteiger partial charge in [0.15, 0.2) is 0 Å². The number of nitrogens with one attached hydrogen (secondary N) is 1. The Morgan fingerprint density at radius 1 is 1.19 bits per heavy atom. The zero-order valence-corrected chi connectivity index (χ0v) is 12.4. The minimum absolute atomic E-state index is 0.128. The van der Waals surface area contributed by atoms with Gasteiger partial charge in [-0.3, -0.25) is 10.6 Å². The Bertz CT molecular complexity index is 638. The predicted octanol–water partition coefficient (Wildman–Crippen LogP) is 2.57. The number of ether oxygens (including phenoxy) is 1. The highest BCUT2D eigenvalue weighted by molar-refractivity contribution is 6.09. The van der Waals surface area contributed by atoms with Crippen molar-refractivity contribution in [3.05, 3.63) is 53.6 Å². The van der Waals surface area contributed by atoms with Gasteiger partial charge in [0.2, 0.25) is 0 Å². The van der Waals surface area contributed by atoms with Crippen molar-refractivity contribution in [2.75, 3.05) is 24.5 Å².